The second kappa shape index (κ2) is 14.3. The predicted molar refractivity (Wildman–Crippen MR) is 145 cm³/mol. The maximum atomic E-state index is 14.1. The van der Waals surface area contributed by atoms with Crippen LogP contribution in [0.25, 0.3) is 0 Å². The molecule has 0 aromatic carbocycles. The van der Waals surface area contributed by atoms with Crippen LogP contribution in [0.5, 0.6) is 0 Å². The van der Waals surface area contributed by atoms with Gasteiger partial charge >= 0.3 is 11.9 Å². The highest BCUT2D eigenvalue weighted by Crippen LogP contribution is 2.32. The smallest absolute Gasteiger partial charge is 0.303 e. The first-order valence-electron chi connectivity index (χ1n) is 13.9. The molecule has 0 radical (unpaired) electrons. The fourth-order valence-corrected chi connectivity index (χ4v) is 5.37. The van der Waals surface area contributed by atoms with E-state index in [-0.39, 0.29) is 43.4 Å². The number of carboxylic acids is 2. The van der Waals surface area contributed by atoms with Crippen LogP contribution in [0.4, 0.5) is 5.82 Å². The van der Waals surface area contributed by atoms with E-state index < -0.39 is 66.5 Å². The lowest BCUT2D eigenvalue weighted by atomic mass is 9.96. The van der Waals surface area contributed by atoms with Crippen LogP contribution < -0.4 is 20.9 Å². The minimum absolute atomic E-state index is 0.0680. The number of anilines is 1. The monoisotopic (exact) mass is 599 g/mol. The summed E-state index contributed by atoms with van der Waals surface area (Å²) in [5, 5.41) is 39.5. The molecular formula is C26H33N9O8. The Morgan fingerprint density at radius 2 is 1.77 bits per heavy atom. The zero-order valence-electron chi connectivity index (χ0n) is 23.2. The van der Waals surface area contributed by atoms with E-state index >= 15 is 0 Å². The topological polar surface area (TPSA) is 250 Å². The van der Waals surface area contributed by atoms with Gasteiger partial charge in [-0.15, -0.1) is 10.2 Å². The van der Waals surface area contributed by atoms with Crippen molar-refractivity contribution >= 4 is 41.4 Å². The average Bonchev–Trinajstić information content (AvgIpc) is 3.76. The third kappa shape index (κ3) is 8.08. The maximum Gasteiger partial charge on any atom is 0.303 e. The van der Waals surface area contributed by atoms with Crippen LogP contribution in [-0.4, -0.2) is 89.5 Å². The zero-order chi connectivity index (χ0) is 30.9. The molecular weight excluding hydrogens is 566 g/mol. The van der Waals surface area contributed by atoms with Crippen LogP contribution in [0.15, 0.2) is 18.3 Å². The molecule has 0 saturated heterocycles. The van der Waals surface area contributed by atoms with Crippen LogP contribution >= 0.6 is 0 Å². The maximum absolute atomic E-state index is 14.1. The Kier molecular flexibility index (Phi) is 10.3. The molecule has 3 heterocycles. The summed E-state index contributed by atoms with van der Waals surface area (Å²) in [5.41, 5.74) is 0.605. The van der Waals surface area contributed by atoms with E-state index in [1.54, 1.807) is 12.1 Å². The summed E-state index contributed by atoms with van der Waals surface area (Å²) in [6, 6.07) is -0.118. The van der Waals surface area contributed by atoms with E-state index in [0.717, 1.165) is 17.7 Å². The number of aromatic amines is 1. The quantitative estimate of drug-likeness (QED) is 0.154. The number of nitrogens with one attached hydrogen (secondary N) is 4. The van der Waals surface area contributed by atoms with Gasteiger partial charge in [-0.05, 0) is 36.8 Å². The van der Waals surface area contributed by atoms with Crippen molar-refractivity contribution in [2.24, 2.45) is 5.92 Å². The molecule has 2 aliphatic rings. The second-order valence-electron chi connectivity index (χ2n) is 10.4. The Morgan fingerprint density at radius 1 is 1.02 bits per heavy atom. The predicted octanol–water partition coefficient (Wildman–Crippen LogP) is -0.942. The Bertz CT molecular complexity index is 1350. The molecule has 230 valence electrons. The Balaban J connectivity index is 1.56. The van der Waals surface area contributed by atoms with Crippen molar-refractivity contribution in [2.75, 3.05) is 4.90 Å². The van der Waals surface area contributed by atoms with Crippen molar-refractivity contribution < 1.29 is 39.0 Å². The van der Waals surface area contributed by atoms with Gasteiger partial charge in [-0.25, -0.2) is 4.98 Å². The molecule has 0 spiro atoms. The van der Waals surface area contributed by atoms with Crippen LogP contribution in [0.3, 0.4) is 0 Å². The van der Waals surface area contributed by atoms with Gasteiger partial charge in [0.05, 0.1) is 13.0 Å². The number of nitrogens with zero attached hydrogens (tertiary/aromatic N) is 5. The Hall–Kier alpha value is -4.96. The van der Waals surface area contributed by atoms with E-state index in [0.29, 0.717) is 18.4 Å². The SMILES string of the molecule is O=C(O)CCC(=O)NC(C(=O)NC(CCC(=O)O)C(=O)N1c2ncccc2C[C@H]1C(=O)NCc1nn[nH]n1)C1CCCC1. The van der Waals surface area contributed by atoms with Crippen molar-refractivity contribution in [1.82, 2.24) is 41.6 Å². The summed E-state index contributed by atoms with van der Waals surface area (Å²) in [7, 11) is 0. The zero-order valence-corrected chi connectivity index (χ0v) is 23.2. The highest BCUT2D eigenvalue weighted by atomic mass is 16.4. The van der Waals surface area contributed by atoms with Gasteiger partial charge in [-0.1, -0.05) is 24.1 Å². The fourth-order valence-electron chi connectivity index (χ4n) is 5.37. The van der Waals surface area contributed by atoms with Crippen molar-refractivity contribution in [2.45, 2.75) is 82.5 Å². The minimum atomic E-state index is -1.37. The number of fused-ring (bicyclic) bond motifs is 1. The van der Waals surface area contributed by atoms with Gasteiger partial charge in [0.2, 0.25) is 17.7 Å². The molecule has 4 amide bonds. The molecule has 17 nitrogen and oxygen atoms in total. The number of aromatic nitrogens is 5. The number of pyridine rings is 1. The van der Waals surface area contributed by atoms with E-state index in [1.165, 1.54) is 6.20 Å². The molecule has 43 heavy (non-hydrogen) atoms. The normalized spacial score (nSPS) is 17.5. The molecule has 2 aromatic rings. The highest BCUT2D eigenvalue weighted by molar-refractivity contribution is 6.06. The van der Waals surface area contributed by atoms with E-state index in [2.05, 4.69) is 41.6 Å². The summed E-state index contributed by atoms with van der Waals surface area (Å²) in [5.74, 6) is -4.80. The number of carbonyl (C=O) groups is 6. The number of carboxylic acid groups (broad SMARTS) is 2. The van der Waals surface area contributed by atoms with E-state index in [4.69, 9.17) is 5.11 Å². The summed E-state index contributed by atoms with van der Waals surface area (Å²) in [6.07, 6.45) is 3.01. The first-order valence-corrected chi connectivity index (χ1v) is 13.9. The number of rotatable bonds is 14. The molecule has 1 aliphatic heterocycles. The Labute approximate surface area is 245 Å². The van der Waals surface area contributed by atoms with Gasteiger partial charge in [0, 0.05) is 25.5 Å². The van der Waals surface area contributed by atoms with Crippen molar-refractivity contribution in [3.05, 3.63) is 29.7 Å². The number of H-pyrrole nitrogens is 1. The van der Waals surface area contributed by atoms with Gasteiger partial charge in [-0.2, -0.15) is 5.21 Å². The molecule has 4 rings (SSSR count). The lowest BCUT2D eigenvalue weighted by Crippen LogP contribution is -2.58. The lowest BCUT2D eigenvalue weighted by molar-refractivity contribution is -0.140. The van der Waals surface area contributed by atoms with Crippen LogP contribution in [0, 0.1) is 5.92 Å². The molecule has 1 fully saturated rings. The van der Waals surface area contributed by atoms with E-state index in [1.807, 2.05) is 0 Å². The molecule has 2 unspecified atom stereocenters. The summed E-state index contributed by atoms with van der Waals surface area (Å²) in [6.45, 7) is -0.0680. The number of aliphatic carboxylic acids is 2. The lowest BCUT2D eigenvalue weighted by Gasteiger charge is -2.30. The first-order chi connectivity index (χ1) is 20.6. The number of tetrazole rings is 1. The first kappa shape index (κ1) is 31.0. The summed E-state index contributed by atoms with van der Waals surface area (Å²) in [4.78, 5) is 81.2. The molecule has 17 heteroatoms. The molecule has 2 aromatic heterocycles. The molecule has 0 bridgehead atoms. The number of hydrogen-bond donors (Lipinski definition) is 6. The highest BCUT2D eigenvalue weighted by Gasteiger charge is 2.43. The number of carbonyl (C=O) groups excluding carboxylic acids is 4. The summed E-state index contributed by atoms with van der Waals surface area (Å²) < 4.78 is 0. The molecule has 3 atom stereocenters. The van der Waals surface area contributed by atoms with Gasteiger partial charge in [-0.3, -0.25) is 33.7 Å². The second-order valence-corrected chi connectivity index (χ2v) is 10.4. The molecule has 1 aliphatic carbocycles. The average molecular weight is 600 g/mol. The Morgan fingerprint density at radius 3 is 2.44 bits per heavy atom. The van der Waals surface area contributed by atoms with Crippen molar-refractivity contribution in [3.63, 3.8) is 0 Å². The third-order valence-corrected chi connectivity index (χ3v) is 7.47. The largest absolute Gasteiger partial charge is 0.481 e. The molecule has 1 saturated carbocycles. The van der Waals surface area contributed by atoms with Crippen LogP contribution in [-0.2, 0) is 41.7 Å². The van der Waals surface area contributed by atoms with Gasteiger partial charge in [0.25, 0.3) is 5.91 Å². The van der Waals surface area contributed by atoms with Crippen LogP contribution in [0.2, 0.25) is 0 Å². The third-order valence-electron chi connectivity index (χ3n) is 7.47. The van der Waals surface area contributed by atoms with Gasteiger partial charge in [0.1, 0.15) is 23.9 Å². The fraction of sp³-hybridized carbons (Fsp3) is 0.538. The standard InChI is InChI=1S/C26H33N9O8/c36-19(8-10-21(39)40)30-22(14-4-1-2-5-14)25(42)29-16(7-9-20(37)38)26(43)35-17(12-15-6-3-11-27-23(15)35)24(41)28-13-18-31-33-34-32-18/h3,6,11,14,16-17,22H,1-2,4-5,7-10,12-13H2,(H,28,41)(H,29,42)(H,30,36)(H,37,38)(H,39,40)(H,31,32,33,34)/t16?,17-,22?/m0/s1. The number of hydrogen-bond acceptors (Lipinski definition) is 10. The van der Waals surface area contributed by atoms with Crippen LogP contribution in [0.1, 0.15) is 62.8 Å². The molecule has 6 N–H and O–H groups in total. The summed E-state index contributed by atoms with van der Waals surface area (Å²) >= 11 is 0. The van der Waals surface area contributed by atoms with Crippen molar-refractivity contribution in [1.29, 1.82) is 0 Å². The van der Waals surface area contributed by atoms with E-state index in [9.17, 15) is 33.9 Å². The van der Waals surface area contributed by atoms with Gasteiger partial charge in [0.15, 0.2) is 5.82 Å². The number of amides is 4. The van der Waals surface area contributed by atoms with Crippen molar-refractivity contribution in [3.8, 4) is 0 Å². The minimum Gasteiger partial charge on any atom is -0.481 e. The van der Waals surface area contributed by atoms with Gasteiger partial charge < -0.3 is 26.2 Å².